The van der Waals surface area contributed by atoms with E-state index >= 15 is 0 Å². The Bertz CT molecular complexity index is 327. The fraction of sp³-hybridized carbons (Fsp3) is 0.700. The van der Waals surface area contributed by atoms with Crippen LogP contribution in [0, 0.1) is 0 Å². The Balaban J connectivity index is 3.12. The highest BCUT2D eigenvalue weighted by Crippen LogP contribution is 2.20. The summed E-state index contributed by atoms with van der Waals surface area (Å²) in [5, 5.41) is 2.81. The van der Waals surface area contributed by atoms with Crippen LogP contribution in [-0.2, 0) is 12.0 Å². The van der Waals surface area contributed by atoms with E-state index in [9.17, 15) is 4.79 Å². The fourth-order valence-electron chi connectivity index (χ4n) is 1.45. The first kappa shape index (κ1) is 10.1. The third kappa shape index (κ3) is 2.23. The molecule has 3 nitrogen and oxygen atoms in total. The van der Waals surface area contributed by atoms with Gasteiger partial charge in [-0.1, -0.05) is 27.7 Å². The summed E-state index contributed by atoms with van der Waals surface area (Å²) in [5.41, 5.74) is 1.12. The van der Waals surface area contributed by atoms with Crippen molar-refractivity contribution in [3.8, 4) is 0 Å². The molecule has 0 aromatic carbocycles. The fourth-order valence-corrected chi connectivity index (χ4v) is 1.45. The summed E-state index contributed by atoms with van der Waals surface area (Å²) in [6.07, 6.45) is 1.04. The van der Waals surface area contributed by atoms with Gasteiger partial charge in [0.05, 0.1) is 0 Å². The molecule has 1 aromatic heterocycles. The Kier molecular flexibility index (Phi) is 2.64. The monoisotopic (exact) mass is 182 g/mol. The van der Waals surface area contributed by atoms with Crippen molar-refractivity contribution in [1.82, 2.24) is 9.78 Å². The highest BCUT2D eigenvalue weighted by Gasteiger charge is 2.18. The molecule has 0 fully saturated rings. The molecule has 0 amide bonds. The second-order valence-corrected chi connectivity index (χ2v) is 4.41. The number of aromatic amines is 1. The van der Waals surface area contributed by atoms with Gasteiger partial charge in [-0.05, 0) is 6.42 Å². The van der Waals surface area contributed by atoms with Gasteiger partial charge in [-0.15, -0.1) is 0 Å². The van der Waals surface area contributed by atoms with Crippen molar-refractivity contribution in [1.29, 1.82) is 0 Å². The average Bonchev–Trinajstić information content (AvgIpc) is 2.30. The van der Waals surface area contributed by atoms with Crippen LogP contribution in [0.5, 0.6) is 0 Å². The zero-order valence-electron chi connectivity index (χ0n) is 8.85. The summed E-state index contributed by atoms with van der Waals surface area (Å²) in [5.74, 6) is 0. The molecule has 0 saturated carbocycles. The molecular formula is C10H18N2O. The summed E-state index contributed by atoms with van der Waals surface area (Å²) >= 11 is 0. The van der Waals surface area contributed by atoms with E-state index in [2.05, 4.69) is 32.8 Å². The molecule has 0 radical (unpaired) electrons. The lowest BCUT2D eigenvalue weighted by atomic mass is 9.92. The minimum absolute atomic E-state index is 0.00150. The molecule has 1 aromatic rings. The minimum atomic E-state index is -0.00150. The third-order valence-electron chi connectivity index (χ3n) is 2.02. The number of hydrogen-bond donors (Lipinski definition) is 1. The van der Waals surface area contributed by atoms with Crippen molar-refractivity contribution in [2.45, 2.75) is 46.1 Å². The molecule has 1 rings (SSSR count). The summed E-state index contributed by atoms with van der Waals surface area (Å²) in [6.45, 7) is 9.32. The normalized spacial score (nSPS) is 12.0. The number of H-pyrrole nitrogens is 1. The molecule has 0 aliphatic heterocycles. The first-order valence-corrected chi connectivity index (χ1v) is 4.75. The van der Waals surface area contributed by atoms with E-state index in [1.807, 2.05) is 4.68 Å². The maximum atomic E-state index is 11.2. The van der Waals surface area contributed by atoms with Crippen molar-refractivity contribution in [2.75, 3.05) is 0 Å². The highest BCUT2D eigenvalue weighted by atomic mass is 16.1. The van der Waals surface area contributed by atoms with E-state index in [1.165, 1.54) is 0 Å². The molecule has 0 saturated heterocycles. The number of rotatable bonds is 2. The van der Waals surface area contributed by atoms with E-state index in [1.54, 1.807) is 6.07 Å². The lowest BCUT2D eigenvalue weighted by Crippen LogP contribution is -2.18. The summed E-state index contributed by atoms with van der Waals surface area (Å²) in [7, 11) is 0. The predicted molar refractivity (Wildman–Crippen MR) is 54.0 cm³/mol. The topological polar surface area (TPSA) is 37.8 Å². The van der Waals surface area contributed by atoms with E-state index < -0.39 is 0 Å². The van der Waals surface area contributed by atoms with Crippen molar-refractivity contribution >= 4 is 0 Å². The molecule has 13 heavy (non-hydrogen) atoms. The van der Waals surface area contributed by atoms with E-state index in [0.29, 0.717) is 0 Å². The Morgan fingerprint density at radius 2 is 2.08 bits per heavy atom. The Labute approximate surface area is 78.8 Å². The molecular weight excluding hydrogens is 164 g/mol. The zero-order valence-corrected chi connectivity index (χ0v) is 8.85. The maximum Gasteiger partial charge on any atom is 0.264 e. The van der Waals surface area contributed by atoms with E-state index in [-0.39, 0.29) is 11.0 Å². The van der Waals surface area contributed by atoms with Crippen molar-refractivity contribution in [2.24, 2.45) is 0 Å². The van der Waals surface area contributed by atoms with Crippen LogP contribution < -0.4 is 5.56 Å². The third-order valence-corrected chi connectivity index (χ3v) is 2.02. The average molecular weight is 182 g/mol. The van der Waals surface area contributed by atoms with Gasteiger partial charge in [-0.25, -0.2) is 0 Å². The van der Waals surface area contributed by atoms with Crippen molar-refractivity contribution in [3.63, 3.8) is 0 Å². The Morgan fingerprint density at radius 3 is 2.54 bits per heavy atom. The van der Waals surface area contributed by atoms with Gasteiger partial charge in [0.1, 0.15) is 0 Å². The van der Waals surface area contributed by atoms with Gasteiger partial charge in [0.25, 0.3) is 5.56 Å². The number of aryl methyl sites for hydroxylation is 1. The Hall–Kier alpha value is -0.990. The van der Waals surface area contributed by atoms with E-state index in [0.717, 1.165) is 18.7 Å². The van der Waals surface area contributed by atoms with Crippen molar-refractivity contribution in [3.05, 3.63) is 22.1 Å². The SMILES string of the molecule is CCCn1[nH]c(=O)cc1C(C)(C)C. The minimum Gasteiger partial charge on any atom is -0.289 e. The molecule has 74 valence electrons. The second kappa shape index (κ2) is 3.40. The molecule has 0 aliphatic rings. The highest BCUT2D eigenvalue weighted by molar-refractivity contribution is 5.11. The van der Waals surface area contributed by atoms with Gasteiger partial charge >= 0.3 is 0 Å². The van der Waals surface area contributed by atoms with Crippen LogP contribution in [0.25, 0.3) is 0 Å². The maximum absolute atomic E-state index is 11.2. The number of hydrogen-bond acceptors (Lipinski definition) is 1. The summed E-state index contributed by atoms with van der Waals surface area (Å²) in [4.78, 5) is 11.2. The standard InChI is InChI=1S/C10H18N2O/c1-5-6-12-8(10(2,3)4)7-9(13)11-12/h7H,5-6H2,1-4H3,(H,11,13). The second-order valence-electron chi connectivity index (χ2n) is 4.41. The molecule has 0 unspecified atom stereocenters. The number of nitrogens with zero attached hydrogens (tertiary/aromatic N) is 1. The van der Waals surface area contributed by atoms with Gasteiger partial charge in [-0.2, -0.15) is 0 Å². The number of nitrogens with one attached hydrogen (secondary N) is 1. The molecule has 3 heteroatoms. The van der Waals surface area contributed by atoms with Crippen LogP contribution in [0.1, 0.15) is 39.8 Å². The van der Waals surface area contributed by atoms with Crippen LogP contribution >= 0.6 is 0 Å². The quantitative estimate of drug-likeness (QED) is 0.745. The zero-order chi connectivity index (χ0) is 10.1. The molecule has 1 N–H and O–H groups in total. The van der Waals surface area contributed by atoms with Gasteiger partial charge in [0, 0.05) is 23.7 Å². The number of aromatic nitrogens is 2. The lowest BCUT2D eigenvalue weighted by Gasteiger charge is -2.20. The van der Waals surface area contributed by atoms with Crippen LogP contribution in [0.2, 0.25) is 0 Å². The van der Waals surface area contributed by atoms with Gasteiger partial charge < -0.3 is 0 Å². The molecule has 0 atom stereocenters. The first-order chi connectivity index (χ1) is 5.95. The van der Waals surface area contributed by atoms with Crippen LogP contribution in [0.15, 0.2) is 10.9 Å². The van der Waals surface area contributed by atoms with Crippen LogP contribution in [0.3, 0.4) is 0 Å². The Morgan fingerprint density at radius 1 is 1.46 bits per heavy atom. The van der Waals surface area contributed by atoms with Crippen LogP contribution in [0.4, 0.5) is 0 Å². The lowest BCUT2D eigenvalue weighted by molar-refractivity contribution is 0.481. The largest absolute Gasteiger partial charge is 0.289 e. The smallest absolute Gasteiger partial charge is 0.264 e. The van der Waals surface area contributed by atoms with Crippen molar-refractivity contribution < 1.29 is 0 Å². The van der Waals surface area contributed by atoms with Gasteiger partial charge in [0.15, 0.2) is 0 Å². The molecule has 0 bridgehead atoms. The first-order valence-electron chi connectivity index (χ1n) is 4.75. The van der Waals surface area contributed by atoms with Gasteiger partial charge in [0.2, 0.25) is 0 Å². The molecule has 0 aliphatic carbocycles. The molecule has 1 heterocycles. The summed E-state index contributed by atoms with van der Waals surface area (Å²) < 4.78 is 1.95. The van der Waals surface area contributed by atoms with Gasteiger partial charge in [-0.3, -0.25) is 14.6 Å². The van der Waals surface area contributed by atoms with Crippen LogP contribution in [-0.4, -0.2) is 9.78 Å². The predicted octanol–water partition coefficient (Wildman–Crippen LogP) is 1.88. The van der Waals surface area contributed by atoms with E-state index in [4.69, 9.17) is 0 Å². The summed E-state index contributed by atoms with van der Waals surface area (Å²) in [6, 6.07) is 1.69. The molecule has 0 spiro atoms.